The molecule has 0 radical (unpaired) electrons. The van der Waals surface area contributed by atoms with E-state index in [1.54, 1.807) is 6.92 Å². The lowest BCUT2D eigenvalue weighted by Gasteiger charge is -2.27. The molecule has 0 atom stereocenters. The first-order chi connectivity index (χ1) is 9.82. The molecule has 1 aromatic carbocycles. The molecule has 0 amide bonds. The van der Waals surface area contributed by atoms with Crippen molar-refractivity contribution in [3.8, 4) is 0 Å². The summed E-state index contributed by atoms with van der Waals surface area (Å²) in [5.41, 5.74) is -0.714. The zero-order chi connectivity index (χ0) is 15.6. The molecule has 7 heteroatoms. The summed E-state index contributed by atoms with van der Waals surface area (Å²) in [6.07, 6.45) is -2.90. The van der Waals surface area contributed by atoms with Crippen LogP contribution in [0.1, 0.15) is 25.3 Å². The predicted octanol–water partition coefficient (Wildman–Crippen LogP) is 4.00. The van der Waals surface area contributed by atoms with Gasteiger partial charge in [-0.3, -0.25) is 4.79 Å². The van der Waals surface area contributed by atoms with Gasteiger partial charge in [0.1, 0.15) is 6.54 Å². The largest absolute Gasteiger partial charge is 0.465 e. The second-order valence-corrected chi connectivity index (χ2v) is 5.74. The van der Waals surface area contributed by atoms with E-state index < -0.39 is 17.7 Å². The Bertz CT molecular complexity index is 529. The lowest BCUT2D eigenvalue weighted by atomic mass is 10.1. The zero-order valence-electron chi connectivity index (χ0n) is 11.4. The van der Waals surface area contributed by atoms with Gasteiger partial charge in [-0.15, -0.1) is 0 Å². The molecule has 0 N–H and O–H groups in total. The van der Waals surface area contributed by atoms with Gasteiger partial charge in [-0.1, -0.05) is 15.9 Å². The van der Waals surface area contributed by atoms with Gasteiger partial charge < -0.3 is 9.64 Å². The third-order valence-corrected chi connectivity index (χ3v) is 3.66. The fourth-order valence-corrected chi connectivity index (χ4v) is 2.47. The molecule has 2 rings (SSSR count). The number of benzene rings is 1. The van der Waals surface area contributed by atoms with Crippen molar-refractivity contribution < 1.29 is 22.7 Å². The number of ether oxygens (including phenoxy) is 1. The third kappa shape index (κ3) is 4.12. The van der Waals surface area contributed by atoms with E-state index in [0.29, 0.717) is 4.47 Å². The van der Waals surface area contributed by atoms with Crippen LogP contribution in [0.25, 0.3) is 0 Å². The number of hydrogen-bond donors (Lipinski definition) is 0. The first-order valence-electron chi connectivity index (χ1n) is 6.62. The van der Waals surface area contributed by atoms with Crippen molar-refractivity contribution in [2.45, 2.75) is 32.0 Å². The minimum absolute atomic E-state index is 0.0208. The SMILES string of the molecule is CCOC(=O)CN(c1cc(Br)ccc1C(F)(F)F)C1CC1. The Morgan fingerprint density at radius 3 is 2.62 bits per heavy atom. The summed E-state index contributed by atoms with van der Waals surface area (Å²) in [6, 6.07) is 3.74. The van der Waals surface area contributed by atoms with Crippen molar-refractivity contribution in [2.24, 2.45) is 0 Å². The highest BCUT2D eigenvalue weighted by atomic mass is 79.9. The van der Waals surface area contributed by atoms with Gasteiger partial charge in [-0.25, -0.2) is 0 Å². The smallest absolute Gasteiger partial charge is 0.418 e. The molecular formula is C14H15BrF3NO2. The Morgan fingerprint density at radius 2 is 2.10 bits per heavy atom. The molecule has 0 aromatic heterocycles. The highest BCUT2D eigenvalue weighted by Gasteiger charge is 2.39. The number of hydrogen-bond acceptors (Lipinski definition) is 3. The van der Waals surface area contributed by atoms with Crippen LogP contribution < -0.4 is 4.90 Å². The van der Waals surface area contributed by atoms with Crippen LogP contribution in [0.3, 0.4) is 0 Å². The minimum Gasteiger partial charge on any atom is -0.465 e. The van der Waals surface area contributed by atoms with Gasteiger partial charge in [-0.05, 0) is 38.0 Å². The summed E-state index contributed by atoms with van der Waals surface area (Å²) in [7, 11) is 0. The number of carbonyl (C=O) groups is 1. The van der Waals surface area contributed by atoms with E-state index >= 15 is 0 Å². The second-order valence-electron chi connectivity index (χ2n) is 4.82. The molecule has 0 heterocycles. The lowest BCUT2D eigenvalue weighted by Crippen LogP contribution is -2.34. The van der Waals surface area contributed by atoms with Gasteiger partial charge in [0, 0.05) is 10.5 Å². The molecule has 1 saturated carbocycles. The van der Waals surface area contributed by atoms with Gasteiger partial charge in [0.15, 0.2) is 0 Å². The molecule has 1 fully saturated rings. The average Bonchev–Trinajstić information content (AvgIpc) is 3.19. The molecule has 0 bridgehead atoms. The molecule has 0 unspecified atom stereocenters. The monoisotopic (exact) mass is 365 g/mol. The van der Waals surface area contributed by atoms with Crippen molar-refractivity contribution in [3.05, 3.63) is 28.2 Å². The molecule has 116 valence electrons. The molecule has 0 aliphatic heterocycles. The van der Waals surface area contributed by atoms with Crippen LogP contribution in [-0.4, -0.2) is 25.2 Å². The average molecular weight is 366 g/mol. The quantitative estimate of drug-likeness (QED) is 0.738. The van der Waals surface area contributed by atoms with E-state index in [0.717, 1.165) is 18.9 Å². The first-order valence-corrected chi connectivity index (χ1v) is 7.41. The van der Waals surface area contributed by atoms with Crippen molar-refractivity contribution >= 4 is 27.6 Å². The third-order valence-electron chi connectivity index (χ3n) is 3.17. The van der Waals surface area contributed by atoms with Crippen LogP contribution in [0, 0.1) is 0 Å². The van der Waals surface area contributed by atoms with Crippen LogP contribution in [0.5, 0.6) is 0 Å². The Kier molecular flexibility index (Phi) is 4.81. The first kappa shape index (κ1) is 16.1. The van der Waals surface area contributed by atoms with Crippen LogP contribution >= 0.6 is 15.9 Å². The number of rotatable bonds is 5. The summed E-state index contributed by atoms with van der Waals surface area (Å²) in [6.45, 7) is 1.71. The van der Waals surface area contributed by atoms with Crippen LogP contribution in [-0.2, 0) is 15.7 Å². The van der Waals surface area contributed by atoms with Crippen molar-refractivity contribution in [3.63, 3.8) is 0 Å². The van der Waals surface area contributed by atoms with Crippen LogP contribution in [0.4, 0.5) is 18.9 Å². The van der Waals surface area contributed by atoms with Gasteiger partial charge in [0.2, 0.25) is 0 Å². The highest BCUT2D eigenvalue weighted by Crippen LogP contribution is 2.41. The van der Waals surface area contributed by atoms with E-state index in [-0.39, 0.29) is 24.9 Å². The number of carbonyl (C=O) groups excluding carboxylic acids is 1. The maximum absolute atomic E-state index is 13.2. The zero-order valence-corrected chi connectivity index (χ0v) is 13.0. The summed E-state index contributed by atoms with van der Waals surface area (Å²) >= 11 is 3.19. The molecule has 3 nitrogen and oxygen atoms in total. The molecule has 1 aromatic rings. The fourth-order valence-electron chi connectivity index (χ4n) is 2.13. The van der Waals surface area contributed by atoms with E-state index in [4.69, 9.17) is 4.74 Å². The molecule has 1 aliphatic rings. The Balaban J connectivity index is 2.35. The number of esters is 1. The predicted molar refractivity (Wildman–Crippen MR) is 76.1 cm³/mol. The van der Waals surface area contributed by atoms with E-state index in [9.17, 15) is 18.0 Å². The Labute approximate surface area is 129 Å². The van der Waals surface area contributed by atoms with E-state index in [1.807, 2.05) is 0 Å². The van der Waals surface area contributed by atoms with Crippen molar-refractivity contribution in [1.29, 1.82) is 0 Å². The molecule has 21 heavy (non-hydrogen) atoms. The van der Waals surface area contributed by atoms with Crippen LogP contribution in [0.15, 0.2) is 22.7 Å². The lowest BCUT2D eigenvalue weighted by molar-refractivity contribution is -0.142. The number of anilines is 1. The summed E-state index contributed by atoms with van der Waals surface area (Å²) in [5, 5.41) is 0. The second kappa shape index (κ2) is 6.25. The van der Waals surface area contributed by atoms with Gasteiger partial charge >= 0.3 is 12.1 Å². The van der Waals surface area contributed by atoms with Gasteiger partial charge in [-0.2, -0.15) is 13.2 Å². The van der Waals surface area contributed by atoms with Crippen molar-refractivity contribution in [1.82, 2.24) is 0 Å². The summed E-state index contributed by atoms with van der Waals surface area (Å²) in [5.74, 6) is -0.516. The molecule has 1 aliphatic carbocycles. The normalized spacial score (nSPS) is 14.9. The Hall–Kier alpha value is -1.24. The topological polar surface area (TPSA) is 29.5 Å². The van der Waals surface area contributed by atoms with E-state index in [1.165, 1.54) is 17.0 Å². The number of alkyl halides is 3. The molecule has 0 saturated heterocycles. The number of halogens is 4. The molecular weight excluding hydrogens is 351 g/mol. The van der Waals surface area contributed by atoms with Crippen molar-refractivity contribution in [2.75, 3.05) is 18.1 Å². The minimum atomic E-state index is -4.46. The maximum atomic E-state index is 13.2. The maximum Gasteiger partial charge on any atom is 0.418 e. The summed E-state index contributed by atoms with van der Waals surface area (Å²) in [4.78, 5) is 13.1. The van der Waals surface area contributed by atoms with E-state index in [2.05, 4.69) is 15.9 Å². The fraction of sp³-hybridized carbons (Fsp3) is 0.500. The Morgan fingerprint density at radius 1 is 1.43 bits per heavy atom. The van der Waals surface area contributed by atoms with Gasteiger partial charge in [0.25, 0.3) is 0 Å². The standard InChI is InChI=1S/C14H15BrF3NO2/c1-2-21-13(20)8-19(10-4-5-10)12-7-9(15)3-6-11(12)14(16,17)18/h3,6-7,10H,2,4-5,8H2,1H3. The molecule has 0 spiro atoms. The number of nitrogens with zero attached hydrogens (tertiary/aromatic N) is 1. The summed E-state index contributed by atoms with van der Waals surface area (Å²) < 4.78 is 44.9. The van der Waals surface area contributed by atoms with Crippen LogP contribution in [0.2, 0.25) is 0 Å². The highest BCUT2D eigenvalue weighted by molar-refractivity contribution is 9.10. The van der Waals surface area contributed by atoms with Gasteiger partial charge in [0.05, 0.1) is 17.9 Å².